The maximum Gasteiger partial charge on any atom is 0.187 e. The Kier molecular flexibility index (Phi) is 3.92. The molecule has 0 spiro atoms. The van der Waals surface area contributed by atoms with Crippen LogP contribution in [-0.4, -0.2) is 5.78 Å². The maximum atomic E-state index is 11.6. The summed E-state index contributed by atoms with van der Waals surface area (Å²) in [5.41, 5.74) is 7.00. The van der Waals surface area contributed by atoms with Crippen molar-refractivity contribution in [3.05, 3.63) is 47.7 Å². The van der Waals surface area contributed by atoms with Crippen LogP contribution in [0.25, 0.3) is 0 Å². The van der Waals surface area contributed by atoms with Crippen LogP contribution in [0.15, 0.2) is 42.1 Å². The van der Waals surface area contributed by atoms with E-state index in [9.17, 15) is 4.79 Å². The van der Waals surface area contributed by atoms with Crippen LogP contribution >= 0.6 is 0 Å². The molecule has 0 aliphatic rings. The van der Waals surface area contributed by atoms with Crippen LogP contribution in [0.3, 0.4) is 0 Å². The van der Waals surface area contributed by atoms with E-state index >= 15 is 0 Å². The second kappa shape index (κ2) is 5.22. The van der Waals surface area contributed by atoms with Gasteiger partial charge in [0.2, 0.25) is 0 Å². The zero-order chi connectivity index (χ0) is 10.4. The Morgan fingerprint density at radius 1 is 1.36 bits per heavy atom. The molecular formula is C12H15NO. The Morgan fingerprint density at radius 3 is 2.57 bits per heavy atom. The van der Waals surface area contributed by atoms with Gasteiger partial charge in [0.15, 0.2) is 5.78 Å². The number of benzene rings is 1. The van der Waals surface area contributed by atoms with Gasteiger partial charge in [-0.1, -0.05) is 43.7 Å². The number of nitrogens with two attached hydrogens (primary N) is 1. The van der Waals surface area contributed by atoms with Gasteiger partial charge in [0.1, 0.15) is 0 Å². The zero-order valence-electron chi connectivity index (χ0n) is 8.36. The quantitative estimate of drug-likeness (QED) is 0.584. The summed E-state index contributed by atoms with van der Waals surface area (Å²) < 4.78 is 0. The first-order valence-electron chi connectivity index (χ1n) is 4.79. The molecule has 2 nitrogen and oxygen atoms in total. The molecule has 0 heterocycles. The molecule has 0 aliphatic carbocycles. The van der Waals surface area contributed by atoms with Crippen LogP contribution in [-0.2, 0) is 0 Å². The fraction of sp³-hybridized carbons (Fsp3) is 0.250. The van der Waals surface area contributed by atoms with E-state index in [-0.39, 0.29) is 5.78 Å². The first-order chi connectivity index (χ1) is 6.74. The molecule has 1 aromatic rings. The maximum absolute atomic E-state index is 11.6. The van der Waals surface area contributed by atoms with E-state index in [1.807, 2.05) is 25.1 Å². The molecule has 0 fully saturated rings. The van der Waals surface area contributed by atoms with E-state index in [0.717, 1.165) is 12.8 Å². The molecule has 0 aliphatic heterocycles. The molecule has 1 rings (SSSR count). The minimum atomic E-state index is -0.0171. The molecule has 0 aromatic heterocycles. The summed E-state index contributed by atoms with van der Waals surface area (Å²) in [6.45, 7) is 2.04. The number of hydrogen-bond acceptors (Lipinski definition) is 2. The van der Waals surface area contributed by atoms with Gasteiger partial charge in [-0.05, 0) is 6.42 Å². The molecule has 0 saturated carbocycles. The minimum absolute atomic E-state index is 0.0171. The molecule has 0 atom stereocenters. The Balaban J connectivity index is 2.72. The molecule has 0 bridgehead atoms. The highest BCUT2D eigenvalue weighted by Crippen LogP contribution is 2.04. The lowest BCUT2D eigenvalue weighted by Crippen LogP contribution is -2.02. The van der Waals surface area contributed by atoms with E-state index in [1.165, 1.54) is 6.08 Å². The minimum Gasteiger partial charge on any atom is -0.402 e. The molecule has 0 radical (unpaired) electrons. The van der Waals surface area contributed by atoms with Crippen LogP contribution in [0.2, 0.25) is 0 Å². The lowest BCUT2D eigenvalue weighted by atomic mass is 10.1. The van der Waals surface area contributed by atoms with Crippen LogP contribution in [0.5, 0.6) is 0 Å². The van der Waals surface area contributed by atoms with Gasteiger partial charge in [0, 0.05) is 17.3 Å². The molecule has 14 heavy (non-hydrogen) atoms. The largest absolute Gasteiger partial charge is 0.402 e. The van der Waals surface area contributed by atoms with Gasteiger partial charge in [0.25, 0.3) is 0 Å². The Labute approximate surface area is 84.4 Å². The van der Waals surface area contributed by atoms with Gasteiger partial charge in [-0.15, -0.1) is 0 Å². The molecule has 2 heteroatoms. The standard InChI is InChI=1S/C12H15NO/c1-2-6-11(13)9-12(14)10-7-4-3-5-8-10/h3-5,7-9H,2,6,13H2,1H3/b11-9-. The van der Waals surface area contributed by atoms with E-state index in [0.29, 0.717) is 11.3 Å². The van der Waals surface area contributed by atoms with E-state index < -0.39 is 0 Å². The molecule has 74 valence electrons. The first kappa shape index (κ1) is 10.5. The van der Waals surface area contributed by atoms with Gasteiger partial charge in [-0.3, -0.25) is 4.79 Å². The molecule has 0 amide bonds. The summed E-state index contributed by atoms with van der Waals surface area (Å²) in [6, 6.07) is 9.15. The average Bonchev–Trinajstić information content (AvgIpc) is 2.19. The Hall–Kier alpha value is -1.57. The van der Waals surface area contributed by atoms with Crippen molar-refractivity contribution >= 4 is 5.78 Å². The number of carbonyl (C=O) groups excluding carboxylic acids is 1. The molecule has 0 unspecified atom stereocenters. The second-order valence-corrected chi connectivity index (χ2v) is 3.20. The summed E-state index contributed by atoms with van der Waals surface area (Å²) in [7, 11) is 0. The van der Waals surface area contributed by atoms with Gasteiger partial charge in [-0.2, -0.15) is 0 Å². The van der Waals surface area contributed by atoms with Crippen molar-refractivity contribution in [1.82, 2.24) is 0 Å². The predicted octanol–water partition coefficient (Wildman–Crippen LogP) is 2.51. The van der Waals surface area contributed by atoms with Gasteiger partial charge >= 0.3 is 0 Å². The zero-order valence-corrected chi connectivity index (χ0v) is 8.36. The van der Waals surface area contributed by atoms with Gasteiger partial charge in [-0.25, -0.2) is 0 Å². The first-order valence-corrected chi connectivity index (χ1v) is 4.79. The summed E-state index contributed by atoms with van der Waals surface area (Å²) in [4.78, 5) is 11.6. The monoisotopic (exact) mass is 189 g/mol. The SMILES string of the molecule is CCC/C(N)=C/C(=O)c1ccccc1. The molecular weight excluding hydrogens is 174 g/mol. The number of ketones is 1. The van der Waals surface area contributed by atoms with Crippen LogP contribution in [0, 0.1) is 0 Å². The molecule has 0 saturated heterocycles. The molecule has 2 N–H and O–H groups in total. The van der Waals surface area contributed by atoms with Gasteiger partial charge < -0.3 is 5.73 Å². The third-order valence-electron chi connectivity index (χ3n) is 1.91. The lowest BCUT2D eigenvalue weighted by molar-refractivity contribution is 0.104. The third kappa shape index (κ3) is 3.05. The third-order valence-corrected chi connectivity index (χ3v) is 1.91. The molecule has 1 aromatic carbocycles. The highest BCUT2D eigenvalue weighted by molar-refractivity contribution is 6.04. The van der Waals surface area contributed by atoms with Gasteiger partial charge in [0.05, 0.1) is 0 Å². The second-order valence-electron chi connectivity index (χ2n) is 3.20. The summed E-state index contributed by atoms with van der Waals surface area (Å²) in [5.74, 6) is -0.0171. The van der Waals surface area contributed by atoms with Crippen molar-refractivity contribution < 1.29 is 4.79 Å². The topological polar surface area (TPSA) is 43.1 Å². The smallest absolute Gasteiger partial charge is 0.187 e. The van der Waals surface area contributed by atoms with Crippen molar-refractivity contribution in [3.63, 3.8) is 0 Å². The highest BCUT2D eigenvalue weighted by atomic mass is 16.1. The van der Waals surface area contributed by atoms with Crippen molar-refractivity contribution in [2.24, 2.45) is 5.73 Å². The van der Waals surface area contributed by atoms with E-state index in [4.69, 9.17) is 5.73 Å². The number of allylic oxidation sites excluding steroid dienone is 2. The normalized spacial score (nSPS) is 11.4. The lowest BCUT2D eigenvalue weighted by Gasteiger charge is -1.98. The number of rotatable bonds is 4. The van der Waals surface area contributed by atoms with Crippen molar-refractivity contribution in [2.75, 3.05) is 0 Å². The number of carbonyl (C=O) groups is 1. The Bertz CT molecular complexity index is 327. The summed E-state index contributed by atoms with van der Waals surface area (Å²) >= 11 is 0. The van der Waals surface area contributed by atoms with Crippen LogP contribution < -0.4 is 5.73 Å². The summed E-state index contributed by atoms with van der Waals surface area (Å²) in [6.07, 6.45) is 3.25. The van der Waals surface area contributed by atoms with Crippen LogP contribution in [0.4, 0.5) is 0 Å². The fourth-order valence-electron chi connectivity index (χ4n) is 1.21. The fourth-order valence-corrected chi connectivity index (χ4v) is 1.21. The van der Waals surface area contributed by atoms with Crippen molar-refractivity contribution in [1.29, 1.82) is 0 Å². The van der Waals surface area contributed by atoms with Crippen LogP contribution in [0.1, 0.15) is 30.1 Å². The average molecular weight is 189 g/mol. The van der Waals surface area contributed by atoms with Crippen molar-refractivity contribution in [2.45, 2.75) is 19.8 Å². The predicted molar refractivity (Wildman–Crippen MR) is 58.0 cm³/mol. The number of hydrogen-bond donors (Lipinski definition) is 1. The summed E-state index contributed by atoms with van der Waals surface area (Å²) in [5, 5.41) is 0. The Morgan fingerprint density at radius 2 is 2.00 bits per heavy atom. The van der Waals surface area contributed by atoms with E-state index in [2.05, 4.69) is 0 Å². The van der Waals surface area contributed by atoms with E-state index in [1.54, 1.807) is 12.1 Å². The highest BCUT2D eigenvalue weighted by Gasteiger charge is 2.01. The van der Waals surface area contributed by atoms with Crippen molar-refractivity contribution in [3.8, 4) is 0 Å².